The second-order valence-electron chi connectivity index (χ2n) is 10.4. The summed E-state index contributed by atoms with van der Waals surface area (Å²) < 4.78 is 74.3. The normalized spacial score (nSPS) is 19.8. The van der Waals surface area contributed by atoms with Gasteiger partial charge in [-0.25, -0.2) is 17.2 Å². The number of sulfone groups is 1. The van der Waals surface area contributed by atoms with Crippen molar-refractivity contribution >= 4 is 27.3 Å². The number of carbonyl (C=O) groups is 1. The summed E-state index contributed by atoms with van der Waals surface area (Å²) in [5.41, 5.74) is 1.10. The van der Waals surface area contributed by atoms with E-state index in [0.717, 1.165) is 18.2 Å². The maximum atomic E-state index is 16.5. The molecule has 0 bridgehead atoms. The fourth-order valence-electron chi connectivity index (χ4n) is 5.00. The molecule has 3 aromatic rings. The van der Waals surface area contributed by atoms with Gasteiger partial charge in [0.15, 0.2) is 11.5 Å². The van der Waals surface area contributed by atoms with Crippen molar-refractivity contribution in [2.45, 2.75) is 35.3 Å². The highest BCUT2D eigenvalue weighted by atomic mass is 35.5. The number of halogens is 3. The van der Waals surface area contributed by atoms with E-state index in [2.05, 4.69) is 5.32 Å². The monoisotopic (exact) mass is 644 g/mol. The van der Waals surface area contributed by atoms with Gasteiger partial charge < -0.3 is 19.1 Å². The van der Waals surface area contributed by atoms with E-state index in [1.807, 2.05) is 0 Å². The Morgan fingerprint density at radius 2 is 1.86 bits per heavy atom. The minimum atomic E-state index is -4.61. The first-order valence-corrected chi connectivity index (χ1v) is 15.7. The number of rotatable bonds is 11. The molecule has 1 aliphatic heterocycles. The van der Waals surface area contributed by atoms with Crippen LogP contribution in [-0.2, 0) is 9.84 Å². The highest BCUT2D eigenvalue weighted by Gasteiger charge is 2.51. The Labute approximate surface area is 259 Å². The molecule has 3 aromatic carbocycles. The number of amides is 1. The van der Waals surface area contributed by atoms with E-state index < -0.39 is 32.7 Å². The number of benzene rings is 3. The number of nitrogens with zero attached hydrogens (tertiary/aromatic N) is 1. The summed E-state index contributed by atoms with van der Waals surface area (Å²) in [4.78, 5) is 14.2. The lowest BCUT2D eigenvalue weighted by Gasteiger charge is -2.34. The second-order valence-corrected chi connectivity index (χ2v) is 13.0. The summed E-state index contributed by atoms with van der Waals surface area (Å²) >= 11 is 5.89. The molecule has 0 aromatic heterocycles. The molecule has 1 aliphatic carbocycles. The van der Waals surface area contributed by atoms with Crippen LogP contribution in [0.1, 0.15) is 35.3 Å². The molecule has 0 spiro atoms. The molecule has 5 rings (SSSR count). The largest absolute Gasteiger partial charge is 0.493 e. The van der Waals surface area contributed by atoms with Gasteiger partial charge in [0.1, 0.15) is 11.6 Å². The first-order valence-electron chi connectivity index (χ1n) is 13.9. The van der Waals surface area contributed by atoms with E-state index in [1.165, 1.54) is 24.3 Å². The Hall–Kier alpha value is -3.93. The Bertz CT molecular complexity index is 1700. The molecular formula is C32H31ClF2N2O6S. The van der Waals surface area contributed by atoms with E-state index in [0.29, 0.717) is 46.4 Å². The van der Waals surface area contributed by atoms with Gasteiger partial charge in [-0.15, -0.1) is 0 Å². The van der Waals surface area contributed by atoms with Crippen LogP contribution < -0.4 is 19.5 Å². The van der Waals surface area contributed by atoms with Gasteiger partial charge in [-0.3, -0.25) is 10.1 Å². The molecule has 8 nitrogen and oxygen atoms in total. The number of nitrogens with one attached hydrogen (secondary N) is 1. The second kappa shape index (κ2) is 13.0. The van der Waals surface area contributed by atoms with Crippen molar-refractivity contribution in [3.8, 4) is 17.2 Å². The lowest BCUT2D eigenvalue weighted by Crippen LogP contribution is -2.52. The van der Waals surface area contributed by atoms with E-state index in [4.69, 9.17) is 25.8 Å². The van der Waals surface area contributed by atoms with Crippen molar-refractivity contribution < 1.29 is 36.2 Å². The number of carbonyl (C=O) groups excluding carboxylic acids is 1. The molecule has 44 heavy (non-hydrogen) atoms. The van der Waals surface area contributed by atoms with Gasteiger partial charge in [0.05, 0.1) is 17.5 Å². The van der Waals surface area contributed by atoms with Crippen molar-refractivity contribution in [2.24, 2.45) is 0 Å². The molecule has 1 heterocycles. The van der Waals surface area contributed by atoms with Crippen molar-refractivity contribution in [1.82, 2.24) is 10.2 Å². The number of alkyl halides is 1. The van der Waals surface area contributed by atoms with Crippen LogP contribution in [0.5, 0.6) is 17.2 Å². The number of fused-ring (bicyclic) bond motifs is 1. The molecule has 3 atom stereocenters. The van der Waals surface area contributed by atoms with Crippen molar-refractivity contribution in [1.29, 1.82) is 0 Å². The van der Waals surface area contributed by atoms with Crippen molar-refractivity contribution in [3.05, 3.63) is 107 Å². The maximum Gasteiger partial charge on any atom is 0.253 e. The molecule has 0 radical (unpaired) electrons. The fraction of sp³-hybridized carbons (Fsp3) is 0.281. The van der Waals surface area contributed by atoms with E-state index in [9.17, 15) is 17.6 Å². The van der Waals surface area contributed by atoms with E-state index in [-0.39, 0.29) is 24.2 Å². The number of allylic oxidation sites excluding steroid dienone is 2. The highest BCUT2D eigenvalue weighted by molar-refractivity contribution is 7.93. The molecule has 3 unspecified atom stereocenters. The summed E-state index contributed by atoms with van der Waals surface area (Å²) in [6.07, 6.45) is 2.96. The van der Waals surface area contributed by atoms with Gasteiger partial charge in [-0.1, -0.05) is 29.8 Å². The van der Waals surface area contributed by atoms with Gasteiger partial charge in [-0.05, 0) is 80.1 Å². The SMILES string of the molecule is CC(NC1C=C(F)C=CC1(F)S(=O)(=O)c1ccc(Cl)cc1)c1ccccc1OCCCN(C)C(=O)c1ccc2c(c1)OCO2. The number of hydrogen-bond acceptors (Lipinski definition) is 7. The van der Waals surface area contributed by atoms with E-state index >= 15 is 4.39 Å². The van der Waals surface area contributed by atoms with E-state index in [1.54, 1.807) is 61.3 Å². The molecular weight excluding hydrogens is 614 g/mol. The Morgan fingerprint density at radius 3 is 2.64 bits per heavy atom. The van der Waals surface area contributed by atoms with Gasteiger partial charge in [0.2, 0.25) is 16.6 Å². The van der Waals surface area contributed by atoms with Crippen LogP contribution in [0.2, 0.25) is 5.02 Å². The zero-order valence-electron chi connectivity index (χ0n) is 24.0. The predicted octanol–water partition coefficient (Wildman–Crippen LogP) is 6.19. The Kier molecular flexibility index (Phi) is 9.28. The molecule has 0 fully saturated rings. The standard InChI is InChI=1S/C32H31ClF2N2O6S/c1-21(36-30-19-24(34)14-15-32(30,35)44(39,40)25-11-9-23(33)10-12-25)26-6-3-4-7-27(26)41-17-5-16-37(2)31(38)22-8-13-28-29(18-22)43-20-42-28/h3-4,6-15,18-19,21,30,36H,5,16-17,20H2,1-2H3. The van der Waals surface area contributed by atoms with Gasteiger partial charge in [0, 0.05) is 35.8 Å². The minimum absolute atomic E-state index is 0.123. The first kappa shape index (κ1) is 31.5. The summed E-state index contributed by atoms with van der Waals surface area (Å²) in [5, 5.41) is 0.263. The molecule has 0 saturated heterocycles. The third-order valence-electron chi connectivity index (χ3n) is 7.43. The van der Waals surface area contributed by atoms with Crippen molar-refractivity contribution in [2.75, 3.05) is 27.0 Å². The topological polar surface area (TPSA) is 94.2 Å². The lowest BCUT2D eigenvalue weighted by molar-refractivity contribution is 0.0787. The summed E-state index contributed by atoms with van der Waals surface area (Å²) in [7, 11) is -2.91. The van der Waals surface area contributed by atoms with Crippen LogP contribution in [0, 0.1) is 0 Å². The third kappa shape index (κ3) is 6.45. The number of hydrogen-bond donors (Lipinski definition) is 1. The van der Waals surface area contributed by atoms with Crippen LogP contribution >= 0.6 is 11.6 Å². The van der Waals surface area contributed by atoms with Gasteiger partial charge in [0.25, 0.3) is 10.9 Å². The Morgan fingerprint density at radius 1 is 1.14 bits per heavy atom. The molecule has 2 aliphatic rings. The first-order chi connectivity index (χ1) is 21.0. The molecule has 232 valence electrons. The molecule has 1 amide bonds. The molecule has 12 heteroatoms. The van der Waals surface area contributed by atoms with Crippen LogP contribution in [0.3, 0.4) is 0 Å². The average Bonchev–Trinajstić information content (AvgIpc) is 3.49. The van der Waals surface area contributed by atoms with Gasteiger partial charge >= 0.3 is 0 Å². The Balaban J connectivity index is 1.23. The molecule has 1 N–H and O–H groups in total. The number of para-hydroxylation sites is 1. The predicted molar refractivity (Wildman–Crippen MR) is 162 cm³/mol. The van der Waals surface area contributed by atoms with Crippen LogP contribution in [0.25, 0.3) is 0 Å². The quantitative estimate of drug-likeness (QED) is 0.249. The van der Waals surface area contributed by atoms with Crippen LogP contribution in [-0.4, -0.2) is 57.3 Å². The zero-order valence-corrected chi connectivity index (χ0v) is 25.6. The van der Waals surface area contributed by atoms with Gasteiger partial charge in [-0.2, -0.15) is 0 Å². The summed E-state index contributed by atoms with van der Waals surface area (Å²) in [6, 6.07) is 15.0. The van der Waals surface area contributed by atoms with Crippen LogP contribution in [0.15, 0.2) is 95.7 Å². The average molecular weight is 645 g/mol. The van der Waals surface area contributed by atoms with Crippen LogP contribution in [0.4, 0.5) is 8.78 Å². The third-order valence-corrected chi connectivity index (χ3v) is 9.79. The number of ether oxygens (including phenoxy) is 3. The molecule has 0 saturated carbocycles. The fourth-order valence-corrected chi connectivity index (χ4v) is 6.70. The minimum Gasteiger partial charge on any atom is -0.493 e. The highest BCUT2D eigenvalue weighted by Crippen LogP contribution is 2.38. The zero-order chi connectivity index (χ0) is 31.5. The summed E-state index contributed by atoms with van der Waals surface area (Å²) in [6.45, 7) is 2.51. The van der Waals surface area contributed by atoms with Crippen molar-refractivity contribution in [3.63, 3.8) is 0 Å². The maximum absolute atomic E-state index is 16.5. The lowest BCUT2D eigenvalue weighted by atomic mass is 10.0. The summed E-state index contributed by atoms with van der Waals surface area (Å²) in [5.74, 6) is 0.673. The smallest absolute Gasteiger partial charge is 0.253 e.